The second-order valence-corrected chi connectivity index (χ2v) is 12.5. The van der Waals surface area contributed by atoms with E-state index < -0.39 is 8.80 Å². The van der Waals surface area contributed by atoms with E-state index >= 15 is 0 Å². The van der Waals surface area contributed by atoms with Gasteiger partial charge in [0.2, 0.25) is 0 Å². The van der Waals surface area contributed by atoms with Crippen LogP contribution < -0.4 is 0 Å². The van der Waals surface area contributed by atoms with Crippen LogP contribution in [0.3, 0.4) is 0 Å². The molecule has 2 aliphatic heterocycles. The summed E-state index contributed by atoms with van der Waals surface area (Å²) in [7, 11) is 0.143. The van der Waals surface area contributed by atoms with Crippen LogP contribution in [0.4, 0.5) is 0 Å². The number of hydrogen-bond donors (Lipinski definition) is 0. The molecule has 0 aromatic rings. The van der Waals surface area contributed by atoms with Crippen LogP contribution in [0.25, 0.3) is 0 Å². The molecule has 2 nitrogen and oxygen atoms in total. The smallest absolute Gasteiger partial charge is 0.0714 e. The van der Waals surface area contributed by atoms with Crippen LogP contribution in [0.15, 0.2) is 0 Å². The molecule has 3 unspecified atom stereocenters. The number of alkyl halides is 1. The first-order valence-electron chi connectivity index (χ1n) is 7.90. The second kappa shape index (κ2) is 6.60. The van der Waals surface area contributed by atoms with E-state index in [1.54, 1.807) is 0 Å². The molecular formula is C14H29ClO2Si2. The van der Waals surface area contributed by atoms with Crippen molar-refractivity contribution in [3.05, 3.63) is 0 Å². The van der Waals surface area contributed by atoms with Crippen LogP contribution in [0, 0.1) is 0 Å². The van der Waals surface area contributed by atoms with Crippen LogP contribution in [0.5, 0.6) is 0 Å². The van der Waals surface area contributed by atoms with Gasteiger partial charge >= 0.3 is 0 Å². The maximum Gasteiger partial charge on any atom is 0.0714 e. The molecule has 0 N–H and O–H groups in total. The van der Waals surface area contributed by atoms with Crippen molar-refractivity contribution in [3.8, 4) is 0 Å². The fourth-order valence-corrected chi connectivity index (χ4v) is 8.16. The minimum absolute atomic E-state index is 0.0119. The van der Waals surface area contributed by atoms with Crippen molar-refractivity contribution >= 4 is 30.6 Å². The lowest BCUT2D eigenvalue weighted by molar-refractivity contribution is -0.0586. The summed E-state index contributed by atoms with van der Waals surface area (Å²) in [5, 5.41) is 0.273. The normalized spacial score (nSPS) is 38.5. The van der Waals surface area contributed by atoms with Gasteiger partial charge in [-0.2, -0.15) is 0 Å². The summed E-state index contributed by atoms with van der Waals surface area (Å²) < 4.78 is 12.4. The van der Waals surface area contributed by atoms with E-state index in [0.717, 1.165) is 29.9 Å². The number of rotatable bonds is 4. The molecule has 112 valence electrons. The van der Waals surface area contributed by atoms with Crippen LogP contribution >= 0.6 is 11.6 Å². The molecule has 2 fully saturated rings. The van der Waals surface area contributed by atoms with Gasteiger partial charge in [0.1, 0.15) is 0 Å². The molecule has 19 heavy (non-hydrogen) atoms. The summed E-state index contributed by atoms with van der Waals surface area (Å²) >= 11 is 6.89. The molecule has 2 heterocycles. The first kappa shape index (κ1) is 16.0. The first-order valence-corrected chi connectivity index (χ1v) is 12.2. The zero-order chi connectivity index (χ0) is 13.9. The molecule has 0 aromatic carbocycles. The highest BCUT2D eigenvalue weighted by Gasteiger charge is 2.46. The van der Waals surface area contributed by atoms with Gasteiger partial charge in [0.25, 0.3) is 0 Å². The van der Waals surface area contributed by atoms with E-state index in [1.807, 2.05) is 0 Å². The Morgan fingerprint density at radius 2 is 1.74 bits per heavy atom. The van der Waals surface area contributed by atoms with Crippen molar-refractivity contribution in [1.29, 1.82) is 0 Å². The van der Waals surface area contributed by atoms with E-state index in [0.29, 0.717) is 0 Å². The summed E-state index contributed by atoms with van der Waals surface area (Å²) in [6, 6.07) is 0. The summed E-state index contributed by atoms with van der Waals surface area (Å²) in [6.07, 6.45) is 8.39. The lowest BCUT2D eigenvalue weighted by atomic mass is 9.97. The fraction of sp³-hybridized carbons (Fsp3) is 1.00. The van der Waals surface area contributed by atoms with Crippen molar-refractivity contribution in [2.24, 2.45) is 0 Å². The summed E-state index contributed by atoms with van der Waals surface area (Å²) in [4.78, 5) is 0. The number of halogens is 1. The molecular weight excluding hydrogens is 292 g/mol. The van der Waals surface area contributed by atoms with E-state index in [2.05, 4.69) is 13.1 Å². The molecule has 0 saturated carbocycles. The molecule has 2 rings (SSSR count). The topological polar surface area (TPSA) is 18.5 Å². The quantitative estimate of drug-likeness (QED) is 0.584. The lowest BCUT2D eigenvalue weighted by Crippen LogP contribution is -2.56. The predicted molar refractivity (Wildman–Crippen MR) is 88.1 cm³/mol. The zero-order valence-corrected chi connectivity index (χ0v) is 16.6. The Balaban J connectivity index is 2.04. The monoisotopic (exact) mass is 320 g/mol. The maximum atomic E-state index is 6.89. The SMILES string of the molecule is C[SiH](C)C1(C(Cl)CC2([SiH3])CCCCO2)CCCCO1. The molecule has 2 saturated heterocycles. The summed E-state index contributed by atoms with van der Waals surface area (Å²) in [5.74, 6) is 0. The highest BCUT2D eigenvalue weighted by molar-refractivity contribution is 6.60. The largest absolute Gasteiger partial charge is 0.379 e. The Hall–Kier alpha value is 0.644. The molecule has 0 aromatic heterocycles. The minimum atomic E-state index is -0.942. The Bertz CT molecular complexity index is 287. The van der Waals surface area contributed by atoms with E-state index in [4.69, 9.17) is 21.1 Å². The van der Waals surface area contributed by atoms with E-state index in [1.165, 1.54) is 38.5 Å². The molecule has 0 spiro atoms. The Morgan fingerprint density at radius 1 is 1.11 bits per heavy atom. The average molecular weight is 321 g/mol. The molecule has 5 heteroatoms. The predicted octanol–water partition coefficient (Wildman–Crippen LogP) is 2.21. The highest BCUT2D eigenvalue weighted by atomic mass is 35.5. The standard InChI is InChI=1S/C14H29ClO2Si2/c1-19(2)14(8-4-6-10-17-14)12(15)11-13(18)7-3-5-9-16-13/h12,19H,3-11H2,1-2,18H3. The molecule has 0 amide bonds. The first-order chi connectivity index (χ1) is 8.99. The van der Waals surface area contributed by atoms with Gasteiger partial charge in [-0.05, 0) is 44.9 Å². The molecule has 0 radical (unpaired) electrons. The summed E-state index contributed by atoms with van der Waals surface area (Å²) in [6.45, 7) is 6.62. The van der Waals surface area contributed by atoms with Crippen LogP contribution in [-0.4, -0.2) is 48.1 Å². The van der Waals surface area contributed by atoms with E-state index in [-0.39, 0.29) is 15.8 Å². The van der Waals surface area contributed by atoms with Crippen molar-refractivity contribution in [3.63, 3.8) is 0 Å². The third kappa shape index (κ3) is 3.64. The van der Waals surface area contributed by atoms with Gasteiger partial charge in [-0.25, -0.2) is 0 Å². The van der Waals surface area contributed by atoms with Gasteiger partial charge in [0, 0.05) is 23.5 Å². The second-order valence-electron chi connectivity index (χ2n) is 6.84. The number of hydrogen-bond acceptors (Lipinski definition) is 2. The highest BCUT2D eigenvalue weighted by Crippen LogP contribution is 2.39. The molecule has 0 aliphatic carbocycles. The van der Waals surface area contributed by atoms with Crippen molar-refractivity contribution < 1.29 is 9.47 Å². The van der Waals surface area contributed by atoms with Crippen LogP contribution in [0.2, 0.25) is 13.1 Å². The minimum Gasteiger partial charge on any atom is -0.379 e. The fourth-order valence-electron chi connectivity index (χ4n) is 3.61. The van der Waals surface area contributed by atoms with Gasteiger partial charge in [-0.15, -0.1) is 11.6 Å². The van der Waals surface area contributed by atoms with Gasteiger partial charge < -0.3 is 9.47 Å². The Kier molecular flexibility index (Phi) is 5.57. The molecule has 0 bridgehead atoms. The Labute approximate surface area is 127 Å². The van der Waals surface area contributed by atoms with E-state index in [9.17, 15) is 0 Å². The van der Waals surface area contributed by atoms with Gasteiger partial charge in [0.05, 0.1) is 24.6 Å². The zero-order valence-electron chi connectivity index (χ0n) is 12.7. The third-order valence-corrected chi connectivity index (χ3v) is 9.75. The lowest BCUT2D eigenvalue weighted by Gasteiger charge is -2.47. The average Bonchev–Trinajstić information content (AvgIpc) is 2.39. The van der Waals surface area contributed by atoms with Crippen molar-refractivity contribution in [2.45, 2.75) is 73.9 Å². The third-order valence-electron chi connectivity index (χ3n) is 5.00. The van der Waals surface area contributed by atoms with Gasteiger partial charge in [0.15, 0.2) is 0 Å². The van der Waals surface area contributed by atoms with Gasteiger partial charge in [-0.1, -0.05) is 13.1 Å². The molecule has 2 aliphatic rings. The number of ether oxygens (including phenoxy) is 2. The summed E-state index contributed by atoms with van der Waals surface area (Å²) in [5.41, 5.74) is 0. The maximum absolute atomic E-state index is 6.89. The van der Waals surface area contributed by atoms with Gasteiger partial charge in [-0.3, -0.25) is 0 Å². The molecule has 3 atom stereocenters. The van der Waals surface area contributed by atoms with Crippen LogP contribution in [-0.2, 0) is 9.47 Å². The van der Waals surface area contributed by atoms with Crippen molar-refractivity contribution in [1.82, 2.24) is 0 Å². The Morgan fingerprint density at radius 3 is 2.21 bits per heavy atom. The van der Waals surface area contributed by atoms with Crippen LogP contribution in [0.1, 0.15) is 44.9 Å². The van der Waals surface area contributed by atoms with Crippen molar-refractivity contribution in [2.75, 3.05) is 13.2 Å².